The Bertz CT molecular complexity index is 292. The van der Waals surface area contributed by atoms with E-state index < -0.39 is 0 Å². The first-order valence-electron chi connectivity index (χ1n) is 3.81. The zero-order valence-electron chi connectivity index (χ0n) is 6.99. The van der Waals surface area contributed by atoms with Gasteiger partial charge in [0.2, 0.25) is 0 Å². The second kappa shape index (κ2) is 4.21. The van der Waals surface area contributed by atoms with Gasteiger partial charge in [-0.25, -0.2) is 0 Å². The Morgan fingerprint density at radius 3 is 2.92 bits per heavy atom. The van der Waals surface area contributed by atoms with Crippen LogP contribution in [0.1, 0.15) is 11.1 Å². The van der Waals surface area contributed by atoms with Gasteiger partial charge in [0.1, 0.15) is 5.75 Å². The number of thiol groups is 1. The molecule has 0 aliphatic carbocycles. The Morgan fingerprint density at radius 2 is 2.25 bits per heavy atom. The summed E-state index contributed by atoms with van der Waals surface area (Å²) in [6.07, 6.45) is 3.91. The molecule has 0 fully saturated rings. The van der Waals surface area contributed by atoms with E-state index in [1.807, 2.05) is 31.2 Å². The molecule has 1 nitrogen and oxygen atoms in total. The van der Waals surface area contributed by atoms with Crippen molar-refractivity contribution in [2.45, 2.75) is 6.92 Å². The van der Waals surface area contributed by atoms with Crippen LogP contribution in [-0.4, -0.2) is 10.9 Å². The van der Waals surface area contributed by atoms with Crippen molar-refractivity contribution in [2.75, 3.05) is 5.75 Å². The Morgan fingerprint density at radius 1 is 1.50 bits per heavy atom. The summed E-state index contributed by atoms with van der Waals surface area (Å²) < 4.78 is 0. The smallest absolute Gasteiger partial charge is 0.119 e. The van der Waals surface area contributed by atoms with E-state index in [1.165, 1.54) is 0 Å². The first-order valence-corrected chi connectivity index (χ1v) is 4.45. The number of rotatable bonds is 2. The van der Waals surface area contributed by atoms with Crippen LogP contribution in [0.4, 0.5) is 0 Å². The van der Waals surface area contributed by atoms with E-state index in [4.69, 9.17) is 0 Å². The summed E-state index contributed by atoms with van der Waals surface area (Å²) in [5.41, 5.74) is 1.96. The third-order valence-corrected chi connectivity index (χ3v) is 1.96. The number of phenols is 1. The molecule has 0 unspecified atom stereocenters. The van der Waals surface area contributed by atoms with Crippen LogP contribution in [0.15, 0.2) is 24.3 Å². The van der Waals surface area contributed by atoms with Crippen molar-refractivity contribution in [1.82, 2.24) is 0 Å². The van der Waals surface area contributed by atoms with Gasteiger partial charge in [-0.3, -0.25) is 0 Å². The monoisotopic (exact) mass is 180 g/mol. The van der Waals surface area contributed by atoms with Gasteiger partial charge in [0.25, 0.3) is 0 Å². The van der Waals surface area contributed by atoms with E-state index in [0.29, 0.717) is 5.75 Å². The topological polar surface area (TPSA) is 20.2 Å². The first-order chi connectivity index (χ1) is 5.75. The van der Waals surface area contributed by atoms with Gasteiger partial charge in [0, 0.05) is 5.75 Å². The van der Waals surface area contributed by atoms with Crippen LogP contribution in [0.25, 0.3) is 6.08 Å². The van der Waals surface area contributed by atoms with Crippen molar-refractivity contribution in [3.8, 4) is 5.75 Å². The molecule has 0 saturated carbocycles. The molecule has 0 saturated heterocycles. The minimum absolute atomic E-state index is 0.344. The van der Waals surface area contributed by atoms with Crippen LogP contribution in [0.2, 0.25) is 0 Å². The Kier molecular flexibility index (Phi) is 3.23. The van der Waals surface area contributed by atoms with Crippen LogP contribution in [0.3, 0.4) is 0 Å². The number of hydrogen-bond donors (Lipinski definition) is 2. The fraction of sp³-hybridized carbons (Fsp3) is 0.200. The molecule has 0 aliphatic heterocycles. The summed E-state index contributed by atoms with van der Waals surface area (Å²) in [6, 6.07) is 5.49. The molecule has 0 heterocycles. The molecule has 0 aromatic heterocycles. The summed E-state index contributed by atoms with van der Waals surface area (Å²) in [7, 11) is 0. The van der Waals surface area contributed by atoms with Crippen LogP contribution in [0, 0.1) is 6.92 Å². The normalized spacial score (nSPS) is 10.8. The number of benzene rings is 1. The van der Waals surface area contributed by atoms with E-state index in [1.54, 1.807) is 6.07 Å². The maximum atomic E-state index is 9.35. The van der Waals surface area contributed by atoms with Crippen molar-refractivity contribution < 1.29 is 5.11 Å². The average Bonchev–Trinajstić information content (AvgIpc) is 2.08. The molecule has 0 aliphatic rings. The molecular weight excluding hydrogens is 168 g/mol. The van der Waals surface area contributed by atoms with Gasteiger partial charge in [0.05, 0.1) is 0 Å². The summed E-state index contributed by atoms with van der Waals surface area (Å²) in [5, 5.41) is 9.35. The molecule has 0 atom stereocenters. The highest BCUT2D eigenvalue weighted by Crippen LogP contribution is 2.20. The molecule has 2 heteroatoms. The number of aromatic hydroxyl groups is 1. The zero-order valence-corrected chi connectivity index (χ0v) is 7.88. The summed E-state index contributed by atoms with van der Waals surface area (Å²) in [6.45, 7) is 1.90. The molecule has 1 rings (SSSR count). The molecule has 1 N–H and O–H groups in total. The third-order valence-electron chi connectivity index (χ3n) is 1.75. The first kappa shape index (κ1) is 9.20. The predicted molar refractivity (Wildman–Crippen MR) is 55.7 cm³/mol. The second-order valence-electron chi connectivity index (χ2n) is 2.58. The Labute approximate surface area is 78.2 Å². The van der Waals surface area contributed by atoms with Gasteiger partial charge in [0.15, 0.2) is 0 Å². The van der Waals surface area contributed by atoms with Crippen molar-refractivity contribution in [3.63, 3.8) is 0 Å². The van der Waals surface area contributed by atoms with Crippen molar-refractivity contribution in [2.24, 2.45) is 0 Å². The SMILES string of the molecule is Cc1c(O)cccc1C=CCS. The maximum Gasteiger partial charge on any atom is 0.119 e. The molecule has 64 valence electrons. The van der Waals surface area contributed by atoms with Crippen LogP contribution in [0.5, 0.6) is 5.75 Å². The zero-order chi connectivity index (χ0) is 8.97. The molecule has 0 radical (unpaired) electrons. The lowest BCUT2D eigenvalue weighted by Crippen LogP contribution is -1.80. The summed E-state index contributed by atoms with van der Waals surface area (Å²) in [5.74, 6) is 1.06. The van der Waals surface area contributed by atoms with Crippen molar-refractivity contribution >= 4 is 18.7 Å². The highest BCUT2D eigenvalue weighted by Gasteiger charge is 1.97. The average molecular weight is 180 g/mol. The molecule has 0 spiro atoms. The van der Waals surface area contributed by atoms with Gasteiger partial charge in [-0.2, -0.15) is 12.6 Å². The van der Waals surface area contributed by atoms with E-state index >= 15 is 0 Å². The van der Waals surface area contributed by atoms with Gasteiger partial charge in [-0.05, 0) is 24.1 Å². The van der Waals surface area contributed by atoms with E-state index in [9.17, 15) is 5.11 Å². The van der Waals surface area contributed by atoms with E-state index in [0.717, 1.165) is 16.9 Å². The molecule has 1 aromatic rings. The lowest BCUT2D eigenvalue weighted by molar-refractivity contribution is 0.471. The van der Waals surface area contributed by atoms with Gasteiger partial charge < -0.3 is 5.11 Å². The lowest BCUT2D eigenvalue weighted by Gasteiger charge is -2.01. The Hall–Kier alpha value is -0.890. The number of hydrogen-bond acceptors (Lipinski definition) is 2. The molecular formula is C10H12OS. The highest BCUT2D eigenvalue weighted by atomic mass is 32.1. The summed E-state index contributed by atoms with van der Waals surface area (Å²) in [4.78, 5) is 0. The fourth-order valence-corrected chi connectivity index (χ4v) is 1.11. The maximum absolute atomic E-state index is 9.35. The molecule has 12 heavy (non-hydrogen) atoms. The Balaban J connectivity index is 3.00. The van der Waals surface area contributed by atoms with Gasteiger partial charge >= 0.3 is 0 Å². The molecule has 1 aromatic carbocycles. The fourth-order valence-electron chi connectivity index (χ4n) is 1.00. The third kappa shape index (κ3) is 2.05. The second-order valence-corrected chi connectivity index (χ2v) is 2.94. The standard InChI is InChI=1S/C10H12OS/c1-8-9(5-3-7-12)4-2-6-10(8)11/h2-6,11-12H,7H2,1H3. The van der Waals surface area contributed by atoms with Crippen LogP contribution >= 0.6 is 12.6 Å². The lowest BCUT2D eigenvalue weighted by atomic mass is 10.1. The molecule has 0 bridgehead atoms. The minimum Gasteiger partial charge on any atom is -0.508 e. The molecule has 0 amide bonds. The van der Waals surface area contributed by atoms with Crippen LogP contribution in [-0.2, 0) is 0 Å². The van der Waals surface area contributed by atoms with Crippen LogP contribution < -0.4 is 0 Å². The van der Waals surface area contributed by atoms with E-state index in [-0.39, 0.29) is 0 Å². The van der Waals surface area contributed by atoms with Crippen molar-refractivity contribution in [1.29, 1.82) is 0 Å². The minimum atomic E-state index is 0.344. The summed E-state index contributed by atoms with van der Waals surface area (Å²) >= 11 is 4.06. The van der Waals surface area contributed by atoms with Crippen molar-refractivity contribution in [3.05, 3.63) is 35.4 Å². The largest absolute Gasteiger partial charge is 0.508 e. The van der Waals surface area contributed by atoms with Gasteiger partial charge in [-0.1, -0.05) is 24.3 Å². The highest BCUT2D eigenvalue weighted by molar-refractivity contribution is 7.80. The van der Waals surface area contributed by atoms with E-state index in [2.05, 4.69) is 12.6 Å². The quantitative estimate of drug-likeness (QED) is 0.670. The number of phenolic OH excluding ortho intramolecular Hbond substituents is 1. The predicted octanol–water partition coefficient (Wildman–Crippen LogP) is 2.64. The van der Waals surface area contributed by atoms with Gasteiger partial charge in [-0.15, -0.1) is 0 Å².